The lowest BCUT2D eigenvalue weighted by atomic mass is 9.98. The average molecular weight is 290 g/mol. The van der Waals surface area contributed by atoms with Crippen LogP contribution in [0.4, 0.5) is 5.69 Å². The maximum atomic E-state index is 6.07. The molecule has 0 spiro atoms. The molecule has 1 unspecified atom stereocenters. The first kappa shape index (κ1) is 16.3. The molecule has 0 bridgehead atoms. The van der Waals surface area contributed by atoms with Crippen LogP contribution < -0.4 is 10.6 Å². The van der Waals surface area contributed by atoms with Gasteiger partial charge in [0.2, 0.25) is 0 Å². The van der Waals surface area contributed by atoms with E-state index in [1.165, 1.54) is 29.7 Å². The smallest absolute Gasteiger partial charge is 0.0469 e. The molecule has 1 fully saturated rings. The third-order valence-corrected chi connectivity index (χ3v) is 4.65. The normalized spacial score (nSPS) is 17.7. The lowest BCUT2D eigenvalue weighted by Crippen LogP contribution is -2.29. The molecule has 0 saturated carbocycles. The van der Waals surface area contributed by atoms with Crippen LogP contribution in [0.5, 0.6) is 0 Å². The third kappa shape index (κ3) is 4.72. The first-order valence-electron chi connectivity index (χ1n) is 8.24. The van der Waals surface area contributed by atoms with Crippen molar-refractivity contribution in [3.05, 3.63) is 29.3 Å². The minimum Gasteiger partial charge on any atom is -0.381 e. The zero-order valence-corrected chi connectivity index (χ0v) is 13.8. The summed E-state index contributed by atoms with van der Waals surface area (Å²) < 4.78 is 5.44. The van der Waals surface area contributed by atoms with E-state index in [0.717, 1.165) is 38.5 Å². The fourth-order valence-corrected chi connectivity index (χ4v) is 3.00. The topological polar surface area (TPSA) is 38.5 Å². The molecular weight excluding hydrogens is 260 g/mol. The van der Waals surface area contributed by atoms with Crippen LogP contribution in [0.25, 0.3) is 0 Å². The van der Waals surface area contributed by atoms with Gasteiger partial charge in [-0.1, -0.05) is 13.0 Å². The van der Waals surface area contributed by atoms with E-state index in [9.17, 15) is 0 Å². The first-order valence-corrected chi connectivity index (χ1v) is 8.24. The highest BCUT2D eigenvalue weighted by Gasteiger charge is 2.16. The highest BCUT2D eigenvalue weighted by molar-refractivity contribution is 5.50. The molecule has 0 aromatic heterocycles. The molecule has 2 rings (SSSR count). The summed E-state index contributed by atoms with van der Waals surface area (Å²) in [5.74, 6) is 0.761. The standard InChI is InChI=1S/C18H30N2O/c1-4-17(19)12-16-5-6-18(11-14(16)2)20(3)13-15-7-9-21-10-8-15/h5-6,11,15,17H,4,7-10,12-13,19H2,1-3H3. The van der Waals surface area contributed by atoms with Crippen LogP contribution in [0.2, 0.25) is 0 Å². The van der Waals surface area contributed by atoms with E-state index in [0.29, 0.717) is 0 Å². The van der Waals surface area contributed by atoms with Crippen LogP contribution in [0.3, 0.4) is 0 Å². The van der Waals surface area contributed by atoms with E-state index in [1.54, 1.807) is 0 Å². The molecule has 0 amide bonds. The van der Waals surface area contributed by atoms with Crippen molar-refractivity contribution < 1.29 is 4.74 Å². The van der Waals surface area contributed by atoms with Gasteiger partial charge in [-0.15, -0.1) is 0 Å². The van der Waals surface area contributed by atoms with Gasteiger partial charge in [0.1, 0.15) is 0 Å². The van der Waals surface area contributed by atoms with Gasteiger partial charge >= 0.3 is 0 Å². The Kier molecular flexibility index (Phi) is 6.07. The lowest BCUT2D eigenvalue weighted by Gasteiger charge is -2.29. The number of nitrogens with two attached hydrogens (primary N) is 1. The van der Waals surface area contributed by atoms with Crippen LogP contribution in [0.15, 0.2) is 18.2 Å². The molecule has 3 nitrogen and oxygen atoms in total. The van der Waals surface area contributed by atoms with E-state index in [4.69, 9.17) is 10.5 Å². The number of nitrogens with zero attached hydrogens (tertiary/aromatic N) is 1. The van der Waals surface area contributed by atoms with E-state index < -0.39 is 0 Å². The number of benzene rings is 1. The van der Waals surface area contributed by atoms with Crippen molar-refractivity contribution in [2.24, 2.45) is 11.7 Å². The number of aryl methyl sites for hydroxylation is 1. The minimum absolute atomic E-state index is 0.273. The Morgan fingerprint density at radius 2 is 2.05 bits per heavy atom. The van der Waals surface area contributed by atoms with Crippen molar-refractivity contribution in [1.29, 1.82) is 0 Å². The molecule has 1 saturated heterocycles. The molecule has 1 aromatic rings. The summed E-state index contributed by atoms with van der Waals surface area (Å²) >= 11 is 0. The Labute approximate surface area is 129 Å². The fraction of sp³-hybridized carbons (Fsp3) is 0.667. The molecule has 1 heterocycles. The van der Waals surface area contributed by atoms with E-state index in [2.05, 4.69) is 44.0 Å². The second-order valence-corrected chi connectivity index (χ2v) is 6.42. The zero-order chi connectivity index (χ0) is 15.2. The van der Waals surface area contributed by atoms with Crippen LogP contribution in [0.1, 0.15) is 37.3 Å². The van der Waals surface area contributed by atoms with E-state index in [1.807, 2.05) is 0 Å². The van der Waals surface area contributed by atoms with Gasteiger partial charge in [-0.25, -0.2) is 0 Å². The van der Waals surface area contributed by atoms with Crippen molar-refractivity contribution in [2.75, 3.05) is 31.7 Å². The Bertz CT molecular complexity index is 441. The largest absolute Gasteiger partial charge is 0.381 e. The summed E-state index contributed by atoms with van der Waals surface area (Å²) in [6.45, 7) is 7.31. The second-order valence-electron chi connectivity index (χ2n) is 6.42. The number of ether oxygens (including phenoxy) is 1. The molecule has 3 heteroatoms. The molecule has 21 heavy (non-hydrogen) atoms. The maximum Gasteiger partial charge on any atom is 0.0469 e. The van der Waals surface area contributed by atoms with Gasteiger partial charge < -0.3 is 15.4 Å². The molecule has 1 aliphatic heterocycles. The van der Waals surface area contributed by atoms with Crippen LogP contribution >= 0.6 is 0 Å². The Balaban J connectivity index is 1.97. The Hall–Kier alpha value is -1.06. The summed E-state index contributed by atoms with van der Waals surface area (Å²) in [4.78, 5) is 2.38. The fourth-order valence-electron chi connectivity index (χ4n) is 3.00. The summed E-state index contributed by atoms with van der Waals surface area (Å²) in [6.07, 6.45) is 4.39. The molecular formula is C18H30N2O. The molecule has 0 radical (unpaired) electrons. The molecule has 1 aromatic carbocycles. The summed E-state index contributed by atoms with van der Waals surface area (Å²) in [7, 11) is 2.20. The predicted molar refractivity (Wildman–Crippen MR) is 90.0 cm³/mol. The van der Waals surface area contributed by atoms with Gasteiger partial charge in [0.05, 0.1) is 0 Å². The van der Waals surface area contributed by atoms with Crippen LogP contribution in [-0.4, -0.2) is 32.8 Å². The zero-order valence-electron chi connectivity index (χ0n) is 13.8. The minimum atomic E-state index is 0.273. The summed E-state index contributed by atoms with van der Waals surface area (Å²) in [5.41, 5.74) is 10.1. The van der Waals surface area contributed by atoms with Gasteiger partial charge in [-0.05, 0) is 61.8 Å². The van der Waals surface area contributed by atoms with Gasteiger partial charge in [0.25, 0.3) is 0 Å². The quantitative estimate of drug-likeness (QED) is 0.875. The maximum absolute atomic E-state index is 6.07. The van der Waals surface area contributed by atoms with Crippen molar-refractivity contribution in [3.63, 3.8) is 0 Å². The van der Waals surface area contributed by atoms with Crippen molar-refractivity contribution in [1.82, 2.24) is 0 Å². The molecule has 2 N–H and O–H groups in total. The molecule has 118 valence electrons. The second kappa shape index (κ2) is 7.81. The third-order valence-electron chi connectivity index (χ3n) is 4.65. The SMILES string of the molecule is CCC(N)Cc1ccc(N(C)CC2CCOCC2)cc1C. The highest BCUT2D eigenvalue weighted by Crippen LogP contribution is 2.23. The van der Waals surface area contributed by atoms with Crippen LogP contribution in [0, 0.1) is 12.8 Å². The Morgan fingerprint density at radius 1 is 1.33 bits per heavy atom. The highest BCUT2D eigenvalue weighted by atomic mass is 16.5. The Morgan fingerprint density at radius 3 is 2.67 bits per heavy atom. The van der Waals surface area contributed by atoms with Gasteiger partial charge in [0, 0.05) is 38.5 Å². The van der Waals surface area contributed by atoms with Crippen molar-refractivity contribution in [2.45, 2.75) is 45.6 Å². The monoisotopic (exact) mass is 290 g/mol. The molecule has 0 aliphatic carbocycles. The molecule has 1 aliphatic rings. The number of hydrogen-bond acceptors (Lipinski definition) is 3. The average Bonchev–Trinajstić information content (AvgIpc) is 2.50. The first-order chi connectivity index (χ1) is 10.1. The van der Waals surface area contributed by atoms with Gasteiger partial charge in [-0.3, -0.25) is 0 Å². The van der Waals surface area contributed by atoms with Crippen molar-refractivity contribution in [3.8, 4) is 0 Å². The van der Waals surface area contributed by atoms with Crippen molar-refractivity contribution >= 4 is 5.69 Å². The number of hydrogen-bond donors (Lipinski definition) is 1. The number of rotatable bonds is 6. The van der Waals surface area contributed by atoms with Crippen LogP contribution in [-0.2, 0) is 11.2 Å². The van der Waals surface area contributed by atoms with Gasteiger partial charge in [-0.2, -0.15) is 0 Å². The van der Waals surface area contributed by atoms with E-state index >= 15 is 0 Å². The molecule has 1 atom stereocenters. The van der Waals surface area contributed by atoms with Gasteiger partial charge in [0.15, 0.2) is 0 Å². The van der Waals surface area contributed by atoms with E-state index in [-0.39, 0.29) is 6.04 Å². The summed E-state index contributed by atoms with van der Waals surface area (Å²) in [5, 5.41) is 0. The predicted octanol–water partition coefficient (Wildman–Crippen LogP) is 3.14. The summed E-state index contributed by atoms with van der Waals surface area (Å²) in [6, 6.07) is 7.07. The lowest BCUT2D eigenvalue weighted by molar-refractivity contribution is 0.0685. The number of anilines is 1.